The molecule has 0 aliphatic carbocycles. The standard InChI is InChI=1S/C10H13F2N/c11-10(12)9(13)7-6-8-4-2-1-3-5-8/h1-5,9-10H,6-7,13H2/t9-/m1/s1. The second-order valence-electron chi connectivity index (χ2n) is 3.02. The highest BCUT2D eigenvalue weighted by atomic mass is 19.3. The minimum atomic E-state index is -2.41. The van der Waals surface area contributed by atoms with E-state index in [9.17, 15) is 8.78 Å². The molecule has 1 atom stereocenters. The van der Waals surface area contributed by atoms with Gasteiger partial charge in [-0.1, -0.05) is 30.3 Å². The van der Waals surface area contributed by atoms with Crippen LogP contribution in [0.1, 0.15) is 12.0 Å². The van der Waals surface area contributed by atoms with Crippen LogP contribution in [0.5, 0.6) is 0 Å². The van der Waals surface area contributed by atoms with Crippen molar-refractivity contribution < 1.29 is 8.78 Å². The summed E-state index contributed by atoms with van der Waals surface area (Å²) in [5, 5.41) is 0. The van der Waals surface area contributed by atoms with Gasteiger partial charge in [0.05, 0.1) is 6.04 Å². The van der Waals surface area contributed by atoms with E-state index in [1.54, 1.807) is 0 Å². The van der Waals surface area contributed by atoms with Crippen LogP contribution in [0, 0.1) is 0 Å². The van der Waals surface area contributed by atoms with E-state index >= 15 is 0 Å². The van der Waals surface area contributed by atoms with Gasteiger partial charge in [0.2, 0.25) is 0 Å². The zero-order chi connectivity index (χ0) is 9.68. The third-order valence-corrected chi connectivity index (χ3v) is 1.93. The Morgan fingerprint density at radius 3 is 2.31 bits per heavy atom. The Morgan fingerprint density at radius 1 is 1.15 bits per heavy atom. The van der Waals surface area contributed by atoms with Gasteiger partial charge in [-0.25, -0.2) is 8.78 Å². The molecular formula is C10H13F2N. The fraction of sp³-hybridized carbons (Fsp3) is 0.400. The molecule has 13 heavy (non-hydrogen) atoms. The van der Waals surface area contributed by atoms with E-state index in [2.05, 4.69) is 0 Å². The van der Waals surface area contributed by atoms with Crippen molar-refractivity contribution in [3.05, 3.63) is 35.9 Å². The molecule has 1 aromatic carbocycles. The predicted molar refractivity (Wildman–Crippen MR) is 48.7 cm³/mol. The lowest BCUT2D eigenvalue weighted by Crippen LogP contribution is -2.28. The largest absolute Gasteiger partial charge is 0.323 e. The summed E-state index contributed by atoms with van der Waals surface area (Å²) in [6, 6.07) is 8.51. The molecule has 3 heteroatoms. The van der Waals surface area contributed by atoms with Crippen molar-refractivity contribution in [3.8, 4) is 0 Å². The first-order valence-corrected chi connectivity index (χ1v) is 4.28. The van der Waals surface area contributed by atoms with Crippen LogP contribution in [0.25, 0.3) is 0 Å². The molecular weight excluding hydrogens is 172 g/mol. The lowest BCUT2D eigenvalue weighted by Gasteiger charge is -2.09. The molecule has 0 saturated heterocycles. The summed E-state index contributed by atoms with van der Waals surface area (Å²) in [4.78, 5) is 0. The molecule has 0 heterocycles. The zero-order valence-corrected chi connectivity index (χ0v) is 7.29. The van der Waals surface area contributed by atoms with Crippen molar-refractivity contribution >= 4 is 0 Å². The topological polar surface area (TPSA) is 26.0 Å². The Bertz CT molecular complexity index is 236. The molecule has 0 spiro atoms. The molecule has 0 unspecified atom stereocenters. The highest BCUT2D eigenvalue weighted by Crippen LogP contribution is 2.08. The van der Waals surface area contributed by atoms with Crippen LogP contribution in [0.4, 0.5) is 8.78 Å². The SMILES string of the molecule is N[C@H](CCc1ccccc1)C(F)F. The van der Waals surface area contributed by atoms with Crippen LogP contribution in [0.3, 0.4) is 0 Å². The van der Waals surface area contributed by atoms with Crippen LogP contribution in [0.15, 0.2) is 30.3 Å². The Kier molecular flexibility index (Phi) is 3.83. The highest BCUT2D eigenvalue weighted by Gasteiger charge is 2.14. The van der Waals surface area contributed by atoms with Gasteiger partial charge in [-0.3, -0.25) is 0 Å². The van der Waals surface area contributed by atoms with Gasteiger partial charge in [0.15, 0.2) is 0 Å². The predicted octanol–water partition coefficient (Wildman–Crippen LogP) is 2.21. The molecule has 0 aliphatic heterocycles. The molecule has 0 radical (unpaired) electrons. The number of nitrogens with two attached hydrogens (primary N) is 1. The van der Waals surface area contributed by atoms with Crippen molar-refractivity contribution in [2.45, 2.75) is 25.3 Å². The highest BCUT2D eigenvalue weighted by molar-refractivity contribution is 5.14. The number of aryl methyl sites for hydroxylation is 1. The molecule has 1 nitrogen and oxygen atoms in total. The Labute approximate surface area is 76.6 Å². The lowest BCUT2D eigenvalue weighted by molar-refractivity contribution is 0.112. The Hall–Kier alpha value is -0.960. The number of rotatable bonds is 4. The van der Waals surface area contributed by atoms with E-state index in [0.29, 0.717) is 12.8 Å². The van der Waals surface area contributed by atoms with Crippen LogP contribution in [-0.4, -0.2) is 12.5 Å². The number of halogens is 2. The molecule has 0 fully saturated rings. The van der Waals surface area contributed by atoms with E-state index in [-0.39, 0.29) is 0 Å². The molecule has 1 rings (SSSR count). The average molecular weight is 185 g/mol. The lowest BCUT2D eigenvalue weighted by atomic mass is 10.1. The molecule has 0 aromatic heterocycles. The summed E-state index contributed by atoms with van der Waals surface area (Å²) in [6.07, 6.45) is -1.46. The summed E-state index contributed by atoms with van der Waals surface area (Å²) in [5.74, 6) is 0. The summed E-state index contributed by atoms with van der Waals surface area (Å²) in [6.45, 7) is 0. The average Bonchev–Trinajstić information content (AvgIpc) is 2.15. The van der Waals surface area contributed by atoms with Crippen molar-refractivity contribution in [2.24, 2.45) is 5.73 Å². The first kappa shape index (κ1) is 10.1. The molecule has 1 aromatic rings. The molecule has 0 saturated carbocycles. The number of hydrogen-bond donors (Lipinski definition) is 1. The molecule has 0 amide bonds. The van der Waals surface area contributed by atoms with Crippen molar-refractivity contribution in [1.29, 1.82) is 0 Å². The fourth-order valence-corrected chi connectivity index (χ4v) is 1.10. The fourth-order valence-electron chi connectivity index (χ4n) is 1.10. The summed E-state index contributed by atoms with van der Waals surface area (Å²) >= 11 is 0. The van der Waals surface area contributed by atoms with Gasteiger partial charge in [-0.2, -0.15) is 0 Å². The Balaban J connectivity index is 2.35. The third kappa shape index (κ3) is 3.51. The van der Waals surface area contributed by atoms with Gasteiger partial charge in [0, 0.05) is 0 Å². The quantitative estimate of drug-likeness (QED) is 0.764. The normalized spacial score (nSPS) is 13.2. The first-order chi connectivity index (χ1) is 6.20. The maximum atomic E-state index is 12.0. The van der Waals surface area contributed by atoms with Gasteiger partial charge >= 0.3 is 0 Å². The van der Waals surface area contributed by atoms with Gasteiger partial charge < -0.3 is 5.73 Å². The van der Waals surface area contributed by atoms with Crippen molar-refractivity contribution in [2.75, 3.05) is 0 Å². The Morgan fingerprint density at radius 2 is 1.77 bits per heavy atom. The minimum absolute atomic E-state index is 0.335. The smallest absolute Gasteiger partial charge is 0.253 e. The number of hydrogen-bond acceptors (Lipinski definition) is 1. The number of benzene rings is 1. The zero-order valence-electron chi connectivity index (χ0n) is 7.29. The maximum Gasteiger partial charge on any atom is 0.253 e. The third-order valence-electron chi connectivity index (χ3n) is 1.93. The van der Waals surface area contributed by atoms with Crippen LogP contribution in [0.2, 0.25) is 0 Å². The van der Waals surface area contributed by atoms with Crippen molar-refractivity contribution in [3.63, 3.8) is 0 Å². The van der Waals surface area contributed by atoms with Crippen LogP contribution >= 0.6 is 0 Å². The first-order valence-electron chi connectivity index (χ1n) is 4.28. The molecule has 2 N–H and O–H groups in total. The minimum Gasteiger partial charge on any atom is -0.323 e. The van der Waals surface area contributed by atoms with Crippen LogP contribution in [-0.2, 0) is 6.42 Å². The van der Waals surface area contributed by atoms with Gasteiger partial charge in [-0.05, 0) is 18.4 Å². The van der Waals surface area contributed by atoms with E-state index in [4.69, 9.17) is 5.73 Å². The molecule has 0 aliphatic rings. The van der Waals surface area contributed by atoms with Gasteiger partial charge in [0.1, 0.15) is 0 Å². The van der Waals surface area contributed by atoms with E-state index < -0.39 is 12.5 Å². The molecule has 72 valence electrons. The van der Waals surface area contributed by atoms with E-state index in [0.717, 1.165) is 5.56 Å². The van der Waals surface area contributed by atoms with E-state index in [1.165, 1.54) is 0 Å². The maximum absolute atomic E-state index is 12.0. The number of alkyl halides is 2. The molecule has 0 bridgehead atoms. The van der Waals surface area contributed by atoms with E-state index in [1.807, 2.05) is 30.3 Å². The second kappa shape index (κ2) is 4.92. The summed E-state index contributed by atoms with van der Waals surface area (Å²) in [7, 11) is 0. The summed E-state index contributed by atoms with van der Waals surface area (Å²) in [5.41, 5.74) is 6.27. The van der Waals surface area contributed by atoms with Gasteiger partial charge in [0.25, 0.3) is 6.43 Å². The van der Waals surface area contributed by atoms with Crippen molar-refractivity contribution in [1.82, 2.24) is 0 Å². The van der Waals surface area contributed by atoms with Gasteiger partial charge in [-0.15, -0.1) is 0 Å². The summed E-state index contributed by atoms with van der Waals surface area (Å²) < 4.78 is 24.0. The monoisotopic (exact) mass is 185 g/mol. The van der Waals surface area contributed by atoms with Crippen LogP contribution < -0.4 is 5.73 Å². The second-order valence-corrected chi connectivity index (χ2v) is 3.02.